The van der Waals surface area contributed by atoms with Crippen molar-refractivity contribution < 1.29 is 0 Å². The summed E-state index contributed by atoms with van der Waals surface area (Å²) in [6, 6.07) is 6.44. The lowest BCUT2D eigenvalue weighted by Gasteiger charge is -2.18. The largest absolute Gasteiger partial charge is 0.313 e. The Hall–Kier alpha value is -0.970. The summed E-state index contributed by atoms with van der Waals surface area (Å²) >= 11 is 6.30. The highest BCUT2D eigenvalue weighted by Crippen LogP contribution is 2.28. The minimum Gasteiger partial charge on any atom is -0.313 e. The standard InChI is InChI=1S/C14H18ClN/c1-4-5-6-10-13(16-3)12-9-7-8-11(2)14(12)15/h1,7-9,13,16H,5-6,10H2,2-3H3. The molecule has 86 valence electrons. The molecule has 1 aromatic carbocycles. The van der Waals surface area contributed by atoms with Crippen LogP contribution in [0.3, 0.4) is 0 Å². The fourth-order valence-electron chi connectivity index (χ4n) is 1.80. The third-order valence-electron chi connectivity index (χ3n) is 2.76. The summed E-state index contributed by atoms with van der Waals surface area (Å²) in [5.74, 6) is 2.66. The Labute approximate surface area is 103 Å². The van der Waals surface area contributed by atoms with Crippen molar-refractivity contribution in [1.82, 2.24) is 5.32 Å². The van der Waals surface area contributed by atoms with Crippen molar-refractivity contribution in [2.24, 2.45) is 0 Å². The van der Waals surface area contributed by atoms with Gasteiger partial charge in [0.05, 0.1) is 0 Å². The van der Waals surface area contributed by atoms with E-state index in [9.17, 15) is 0 Å². The highest BCUT2D eigenvalue weighted by atomic mass is 35.5. The van der Waals surface area contributed by atoms with Gasteiger partial charge >= 0.3 is 0 Å². The minimum atomic E-state index is 0.292. The summed E-state index contributed by atoms with van der Waals surface area (Å²) in [5.41, 5.74) is 2.29. The van der Waals surface area contributed by atoms with Crippen LogP contribution >= 0.6 is 11.6 Å². The molecule has 0 aliphatic carbocycles. The van der Waals surface area contributed by atoms with E-state index in [-0.39, 0.29) is 0 Å². The molecule has 1 rings (SSSR count). The van der Waals surface area contributed by atoms with Gasteiger partial charge in [-0.2, -0.15) is 0 Å². The number of unbranched alkanes of at least 4 members (excludes halogenated alkanes) is 1. The molecular formula is C14H18ClN. The number of hydrogen-bond acceptors (Lipinski definition) is 1. The van der Waals surface area contributed by atoms with Crippen LogP contribution in [0.15, 0.2) is 18.2 Å². The molecule has 1 unspecified atom stereocenters. The average molecular weight is 236 g/mol. The first-order valence-corrected chi connectivity index (χ1v) is 5.94. The first-order chi connectivity index (χ1) is 7.70. The van der Waals surface area contributed by atoms with Crippen LogP contribution in [-0.2, 0) is 0 Å². The van der Waals surface area contributed by atoms with Crippen molar-refractivity contribution in [1.29, 1.82) is 0 Å². The summed E-state index contributed by atoms with van der Waals surface area (Å²) in [6.07, 6.45) is 8.11. The Morgan fingerprint density at radius 2 is 2.25 bits per heavy atom. The highest BCUT2D eigenvalue weighted by Gasteiger charge is 2.13. The second-order valence-electron chi connectivity index (χ2n) is 3.92. The van der Waals surface area contributed by atoms with Gasteiger partial charge in [0.2, 0.25) is 0 Å². The zero-order chi connectivity index (χ0) is 12.0. The van der Waals surface area contributed by atoms with Gasteiger partial charge in [-0.15, -0.1) is 12.3 Å². The lowest BCUT2D eigenvalue weighted by molar-refractivity contribution is 0.532. The van der Waals surface area contributed by atoms with Gasteiger partial charge in [0, 0.05) is 17.5 Å². The number of hydrogen-bond donors (Lipinski definition) is 1. The van der Waals surface area contributed by atoms with Crippen LogP contribution < -0.4 is 5.32 Å². The fraction of sp³-hybridized carbons (Fsp3) is 0.429. The molecule has 0 amide bonds. The molecule has 16 heavy (non-hydrogen) atoms. The van der Waals surface area contributed by atoms with E-state index in [0.29, 0.717) is 6.04 Å². The molecule has 0 radical (unpaired) electrons. The molecule has 0 saturated heterocycles. The number of aryl methyl sites for hydroxylation is 1. The SMILES string of the molecule is C#CCCCC(NC)c1cccc(C)c1Cl. The van der Waals surface area contributed by atoms with Crippen LogP contribution in [0.1, 0.15) is 36.4 Å². The number of terminal acetylenes is 1. The van der Waals surface area contributed by atoms with E-state index in [0.717, 1.165) is 29.8 Å². The Morgan fingerprint density at radius 3 is 2.88 bits per heavy atom. The zero-order valence-electron chi connectivity index (χ0n) is 9.89. The molecule has 0 saturated carbocycles. The maximum absolute atomic E-state index is 6.30. The van der Waals surface area contributed by atoms with Crippen LogP contribution in [0.4, 0.5) is 0 Å². The second kappa shape index (κ2) is 6.58. The number of rotatable bonds is 5. The molecule has 2 heteroatoms. The Balaban J connectivity index is 2.79. The van der Waals surface area contributed by atoms with Gasteiger partial charge in [-0.3, -0.25) is 0 Å². The summed E-state index contributed by atoms with van der Waals surface area (Å²) in [5, 5.41) is 4.16. The Kier molecular flexibility index (Phi) is 5.38. The van der Waals surface area contributed by atoms with E-state index in [4.69, 9.17) is 18.0 Å². The third-order valence-corrected chi connectivity index (χ3v) is 3.28. The van der Waals surface area contributed by atoms with Crippen LogP contribution in [0.2, 0.25) is 5.02 Å². The van der Waals surface area contributed by atoms with Gasteiger partial charge in [0.25, 0.3) is 0 Å². The van der Waals surface area contributed by atoms with Crippen molar-refractivity contribution in [3.05, 3.63) is 34.3 Å². The van der Waals surface area contributed by atoms with Crippen LogP contribution in [0.5, 0.6) is 0 Å². The Morgan fingerprint density at radius 1 is 1.50 bits per heavy atom. The van der Waals surface area contributed by atoms with Crippen LogP contribution in [-0.4, -0.2) is 7.05 Å². The molecule has 0 fully saturated rings. The van der Waals surface area contributed by atoms with E-state index in [1.165, 1.54) is 5.56 Å². The quantitative estimate of drug-likeness (QED) is 0.606. The molecule has 0 aliphatic rings. The smallest absolute Gasteiger partial charge is 0.0482 e. The first-order valence-electron chi connectivity index (χ1n) is 5.56. The maximum Gasteiger partial charge on any atom is 0.0482 e. The second-order valence-corrected chi connectivity index (χ2v) is 4.29. The van der Waals surface area contributed by atoms with Crippen molar-refractivity contribution in [3.63, 3.8) is 0 Å². The van der Waals surface area contributed by atoms with Gasteiger partial charge in [-0.25, -0.2) is 0 Å². The summed E-state index contributed by atoms with van der Waals surface area (Å²) < 4.78 is 0. The molecule has 1 N–H and O–H groups in total. The maximum atomic E-state index is 6.30. The predicted octanol–water partition coefficient (Wildman–Crippen LogP) is 3.71. The van der Waals surface area contributed by atoms with E-state index >= 15 is 0 Å². The number of nitrogens with one attached hydrogen (secondary N) is 1. The molecule has 0 spiro atoms. The van der Waals surface area contributed by atoms with Gasteiger partial charge in [0.15, 0.2) is 0 Å². The average Bonchev–Trinajstić information content (AvgIpc) is 2.29. The summed E-state index contributed by atoms with van der Waals surface area (Å²) in [7, 11) is 1.96. The van der Waals surface area contributed by atoms with Gasteiger partial charge in [-0.1, -0.05) is 29.8 Å². The number of halogens is 1. The van der Waals surface area contributed by atoms with Crippen molar-refractivity contribution in [3.8, 4) is 12.3 Å². The molecule has 0 aliphatic heterocycles. The zero-order valence-corrected chi connectivity index (χ0v) is 10.6. The minimum absolute atomic E-state index is 0.292. The molecule has 0 aromatic heterocycles. The van der Waals surface area contributed by atoms with Crippen molar-refractivity contribution >= 4 is 11.6 Å². The summed E-state index contributed by atoms with van der Waals surface area (Å²) in [6.45, 7) is 2.03. The van der Waals surface area contributed by atoms with E-state index in [2.05, 4.69) is 17.3 Å². The molecule has 1 atom stereocenters. The molecular weight excluding hydrogens is 218 g/mol. The van der Waals surface area contributed by atoms with Gasteiger partial charge in [-0.05, 0) is 37.9 Å². The lowest BCUT2D eigenvalue weighted by atomic mass is 9.99. The lowest BCUT2D eigenvalue weighted by Crippen LogP contribution is -2.16. The van der Waals surface area contributed by atoms with E-state index in [1.807, 2.05) is 26.1 Å². The molecule has 1 nitrogen and oxygen atoms in total. The van der Waals surface area contributed by atoms with E-state index < -0.39 is 0 Å². The molecule has 0 heterocycles. The first kappa shape index (κ1) is 13.1. The van der Waals surface area contributed by atoms with Gasteiger partial charge in [0.1, 0.15) is 0 Å². The van der Waals surface area contributed by atoms with Crippen molar-refractivity contribution in [2.75, 3.05) is 7.05 Å². The summed E-state index contributed by atoms with van der Waals surface area (Å²) in [4.78, 5) is 0. The highest BCUT2D eigenvalue weighted by molar-refractivity contribution is 6.32. The normalized spacial score (nSPS) is 12.1. The Bertz CT molecular complexity index is 379. The predicted molar refractivity (Wildman–Crippen MR) is 70.7 cm³/mol. The van der Waals surface area contributed by atoms with Crippen LogP contribution in [0.25, 0.3) is 0 Å². The molecule has 0 bridgehead atoms. The monoisotopic (exact) mass is 235 g/mol. The molecule has 1 aromatic rings. The van der Waals surface area contributed by atoms with Crippen LogP contribution in [0, 0.1) is 19.3 Å². The fourth-order valence-corrected chi connectivity index (χ4v) is 2.06. The van der Waals surface area contributed by atoms with Gasteiger partial charge < -0.3 is 5.32 Å². The van der Waals surface area contributed by atoms with E-state index in [1.54, 1.807) is 0 Å². The third kappa shape index (κ3) is 3.27. The topological polar surface area (TPSA) is 12.0 Å². The van der Waals surface area contributed by atoms with Crippen molar-refractivity contribution in [2.45, 2.75) is 32.2 Å². The number of benzene rings is 1.